The Morgan fingerprint density at radius 2 is 2.13 bits per heavy atom. The first-order valence-corrected chi connectivity index (χ1v) is 4.60. The maximum Gasteiger partial charge on any atom is 0.248 e. The van der Waals surface area contributed by atoms with E-state index in [0.29, 0.717) is 0 Å². The van der Waals surface area contributed by atoms with E-state index in [0.717, 1.165) is 22.9 Å². The second-order valence-electron chi connectivity index (χ2n) is 3.17. The third kappa shape index (κ3) is 2.04. The molecule has 2 rings (SSSR count). The highest BCUT2D eigenvalue weighted by Gasteiger charge is 1.96. The van der Waals surface area contributed by atoms with Crippen LogP contribution in [0, 0.1) is 0 Å². The number of rotatable bonds is 3. The summed E-state index contributed by atoms with van der Waals surface area (Å²) in [6, 6.07) is 8.74. The summed E-state index contributed by atoms with van der Waals surface area (Å²) in [4.78, 5) is 23.9. The van der Waals surface area contributed by atoms with E-state index in [1.807, 2.05) is 18.2 Å². The van der Waals surface area contributed by atoms with E-state index in [-0.39, 0.29) is 12.1 Å². The van der Waals surface area contributed by atoms with E-state index in [2.05, 4.69) is 10.3 Å². The molecule has 0 spiro atoms. The number of anilines is 1. The molecule has 0 unspecified atom stereocenters. The third-order valence-electron chi connectivity index (χ3n) is 2.11. The monoisotopic (exact) mass is 202 g/mol. The number of carbonyl (C=O) groups excluding carboxylic acids is 1. The number of hydrogen-bond acceptors (Lipinski definition) is 3. The summed E-state index contributed by atoms with van der Waals surface area (Å²) in [6.45, 7) is 0.287. The van der Waals surface area contributed by atoms with Gasteiger partial charge in [0.05, 0.1) is 6.54 Å². The van der Waals surface area contributed by atoms with Gasteiger partial charge in [-0.3, -0.25) is 4.79 Å². The van der Waals surface area contributed by atoms with Crippen molar-refractivity contribution in [3.8, 4) is 0 Å². The number of fused-ring (bicyclic) bond motifs is 1. The zero-order valence-corrected chi connectivity index (χ0v) is 7.99. The second kappa shape index (κ2) is 3.96. The van der Waals surface area contributed by atoms with Crippen LogP contribution in [-0.2, 0) is 4.79 Å². The third-order valence-corrected chi connectivity index (χ3v) is 2.11. The first kappa shape index (κ1) is 9.45. The molecule has 2 aromatic rings. The van der Waals surface area contributed by atoms with Crippen molar-refractivity contribution in [1.82, 2.24) is 4.98 Å². The summed E-state index contributed by atoms with van der Waals surface area (Å²) < 4.78 is 0. The van der Waals surface area contributed by atoms with Crippen molar-refractivity contribution in [3.05, 3.63) is 40.7 Å². The molecule has 0 amide bonds. The Balaban J connectivity index is 2.43. The van der Waals surface area contributed by atoms with Gasteiger partial charge in [0.15, 0.2) is 0 Å². The molecule has 1 heterocycles. The fourth-order valence-corrected chi connectivity index (χ4v) is 1.42. The van der Waals surface area contributed by atoms with Crippen LogP contribution in [0.3, 0.4) is 0 Å². The van der Waals surface area contributed by atoms with Crippen molar-refractivity contribution in [3.63, 3.8) is 0 Å². The van der Waals surface area contributed by atoms with E-state index in [1.54, 1.807) is 6.07 Å². The molecule has 0 aliphatic heterocycles. The summed E-state index contributed by atoms with van der Waals surface area (Å²) in [7, 11) is 0. The van der Waals surface area contributed by atoms with Crippen LogP contribution in [0.1, 0.15) is 0 Å². The predicted octanol–water partition coefficient (Wildman–Crippen LogP) is 1.14. The first-order valence-electron chi connectivity index (χ1n) is 4.60. The van der Waals surface area contributed by atoms with Gasteiger partial charge in [-0.2, -0.15) is 0 Å². The molecule has 1 aromatic carbocycles. The van der Waals surface area contributed by atoms with Gasteiger partial charge >= 0.3 is 0 Å². The van der Waals surface area contributed by atoms with Crippen LogP contribution in [0.25, 0.3) is 10.9 Å². The molecule has 0 fully saturated rings. The smallest absolute Gasteiger partial charge is 0.248 e. The van der Waals surface area contributed by atoms with Gasteiger partial charge < -0.3 is 15.1 Å². The van der Waals surface area contributed by atoms with Crippen LogP contribution in [0.15, 0.2) is 35.1 Å². The standard InChI is InChI=1S/C11H10N2O2/c14-6-5-12-9-2-3-10-8(7-9)1-4-11(15)13-10/h1-4,6-7,12H,5H2,(H,13,15). The van der Waals surface area contributed by atoms with Gasteiger partial charge in [0, 0.05) is 22.7 Å². The Kier molecular flexibility index (Phi) is 2.49. The van der Waals surface area contributed by atoms with Crippen LogP contribution >= 0.6 is 0 Å². The van der Waals surface area contributed by atoms with Crippen LogP contribution in [0.2, 0.25) is 0 Å². The lowest BCUT2D eigenvalue weighted by molar-refractivity contribution is -0.106. The minimum Gasteiger partial charge on any atom is -0.378 e. The molecule has 4 heteroatoms. The van der Waals surface area contributed by atoms with E-state index in [4.69, 9.17) is 0 Å². The van der Waals surface area contributed by atoms with Gasteiger partial charge in [-0.25, -0.2) is 0 Å². The maximum absolute atomic E-state index is 11.0. The van der Waals surface area contributed by atoms with Crippen LogP contribution in [-0.4, -0.2) is 17.8 Å². The van der Waals surface area contributed by atoms with E-state index >= 15 is 0 Å². The van der Waals surface area contributed by atoms with Gasteiger partial charge in [0.1, 0.15) is 6.29 Å². The zero-order valence-electron chi connectivity index (χ0n) is 7.99. The summed E-state index contributed by atoms with van der Waals surface area (Å²) in [6.07, 6.45) is 0.803. The number of nitrogens with one attached hydrogen (secondary N) is 2. The molecule has 0 saturated carbocycles. The number of aldehydes is 1. The molecular formula is C11H10N2O2. The number of aromatic amines is 1. The summed E-state index contributed by atoms with van der Waals surface area (Å²) >= 11 is 0. The highest BCUT2D eigenvalue weighted by Crippen LogP contribution is 2.15. The Bertz CT molecular complexity index is 546. The molecule has 4 nitrogen and oxygen atoms in total. The lowest BCUT2D eigenvalue weighted by Crippen LogP contribution is -2.04. The Morgan fingerprint density at radius 3 is 2.93 bits per heavy atom. The minimum atomic E-state index is -0.115. The zero-order chi connectivity index (χ0) is 10.7. The molecule has 1 aromatic heterocycles. The average molecular weight is 202 g/mol. The first-order chi connectivity index (χ1) is 7.29. The molecule has 76 valence electrons. The molecule has 0 bridgehead atoms. The number of pyridine rings is 1. The highest BCUT2D eigenvalue weighted by molar-refractivity contribution is 5.82. The maximum atomic E-state index is 11.0. The molecule has 0 radical (unpaired) electrons. The highest BCUT2D eigenvalue weighted by atomic mass is 16.1. The molecule has 2 N–H and O–H groups in total. The molecular weight excluding hydrogens is 192 g/mol. The second-order valence-corrected chi connectivity index (χ2v) is 3.17. The van der Waals surface area contributed by atoms with Gasteiger partial charge in [-0.05, 0) is 24.3 Å². The van der Waals surface area contributed by atoms with E-state index in [9.17, 15) is 9.59 Å². The van der Waals surface area contributed by atoms with Gasteiger partial charge in [0.2, 0.25) is 5.56 Å². The quantitative estimate of drug-likeness (QED) is 0.733. The van der Waals surface area contributed by atoms with Gasteiger partial charge in [-0.15, -0.1) is 0 Å². The fraction of sp³-hybridized carbons (Fsp3) is 0.0909. The predicted molar refractivity (Wildman–Crippen MR) is 59.1 cm³/mol. The number of carbonyl (C=O) groups is 1. The molecule has 0 atom stereocenters. The Morgan fingerprint density at radius 1 is 1.27 bits per heavy atom. The van der Waals surface area contributed by atoms with Crippen molar-refractivity contribution in [1.29, 1.82) is 0 Å². The van der Waals surface area contributed by atoms with Crippen molar-refractivity contribution in [2.45, 2.75) is 0 Å². The van der Waals surface area contributed by atoms with Crippen LogP contribution < -0.4 is 10.9 Å². The normalized spacial score (nSPS) is 10.1. The molecule has 0 saturated heterocycles. The average Bonchev–Trinajstić information content (AvgIpc) is 2.26. The van der Waals surface area contributed by atoms with E-state index < -0.39 is 0 Å². The van der Waals surface area contributed by atoms with Gasteiger partial charge in [0.25, 0.3) is 0 Å². The summed E-state index contributed by atoms with van der Waals surface area (Å²) in [5.74, 6) is 0. The number of aromatic nitrogens is 1. The van der Waals surface area contributed by atoms with Crippen LogP contribution in [0.5, 0.6) is 0 Å². The van der Waals surface area contributed by atoms with Crippen molar-refractivity contribution in [2.24, 2.45) is 0 Å². The number of H-pyrrole nitrogens is 1. The number of hydrogen-bond donors (Lipinski definition) is 2. The lowest BCUT2D eigenvalue weighted by atomic mass is 10.2. The number of benzene rings is 1. The molecule has 0 aliphatic carbocycles. The summed E-state index contributed by atoms with van der Waals surface area (Å²) in [5.41, 5.74) is 1.54. The molecule has 15 heavy (non-hydrogen) atoms. The minimum absolute atomic E-state index is 0.115. The molecule has 0 aliphatic rings. The largest absolute Gasteiger partial charge is 0.378 e. The van der Waals surface area contributed by atoms with Crippen molar-refractivity contribution < 1.29 is 4.79 Å². The van der Waals surface area contributed by atoms with Crippen molar-refractivity contribution >= 4 is 22.9 Å². The SMILES string of the molecule is O=CCNc1ccc2[nH]c(=O)ccc2c1. The summed E-state index contributed by atoms with van der Waals surface area (Å²) in [5, 5.41) is 3.88. The topological polar surface area (TPSA) is 62.0 Å². The van der Waals surface area contributed by atoms with Crippen molar-refractivity contribution in [2.75, 3.05) is 11.9 Å². The van der Waals surface area contributed by atoms with Crippen LogP contribution in [0.4, 0.5) is 5.69 Å². The van der Waals surface area contributed by atoms with E-state index in [1.165, 1.54) is 6.07 Å². The lowest BCUT2D eigenvalue weighted by Gasteiger charge is -2.03. The van der Waals surface area contributed by atoms with Gasteiger partial charge in [-0.1, -0.05) is 0 Å². The Labute approximate surface area is 85.9 Å². The fourth-order valence-electron chi connectivity index (χ4n) is 1.42. The Hall–Kier alpha value is -2.10.